The van der Waals surface area contributed by atoms with Crippen LogP contribution in [0, 0.1) is 10.1 Å². The molecule has 3 aromatic carbocycles. The standard InChI is InChI=1S/C27H21N5O3/c1-31(2)21-12-7-18(8-13-21)23-17-24(19-9-14-22(15-10-19)32(33)34)29-27(28-23)30-26-16-11-20-5-3-4-6-25(20)35-26/h3-17H,1-2H3/b30-26+. The Balaban J connectivity index is 1.64. The van der Waals surface area contributed by atoms with Crippen molar-refractivity contribution in [3.8, 4) is 22.5 Å². The van der Waals surface area contributed by atoms with Crippen LogP contribution in [0.5, 0.6) is 0 Å². The molecule has 2 heterocycles. The minimum Gasteiger partial charge on any atom is -0.438 e. The maximum Gasteiger partial charge on any atom is 0.269 e. The van der Waals surface area contributed by atoms with Crippen molar-refractivity contribution in [2.45, 2.75) is 0 Å². The van der Waals surface area contributed by atoms with Gasteiger partial charge in [0.15, 0.2) is 0 Å². The number of anilines is 1. The van der Waals surface area contributed by atoms with Crippen LogP contribution in [0.3, 0.4) is 0 Å². The summed E-state index contributed by atoms with van der Waals surface area (Å²) in [6, 6.07) is 27.5. The molecule has 0 aliphatic heterocycles. The summed E-state index contributed by atoms with van der Waals surface area (Å²) in [5, 5.41) is 12.0. The van der Waals surface area contributed by atoms with Gasteiger partial charge in [0.05, 0.1) is 16.3 Å². The highest BCUT2D eigenvalue weighted by Crippen LogP contribution is 2.28. The summed E-state index contributed by atoms with van der Waals surface area (Å²) in [7, 11) is 3.97. The van der Waals surface area contributed by atoms with Crippen LogP contribution in [0.25, 0.3) is 33.5 Å². The average Bonchev–Trinajstić information content (AvgIpc) is 2.88. The van der Waals surface area contributed by atoms with E-state index in [1.807, 2.05) is 79.7 Å². The van der Waals surface area contributed by atoms with Gasteiger partial charge in [0.1, 0.15) is 5.58 Å². The van der Waals surface area contributed by atoms with E-state index in [-0.39, 0.29) is 11.6 Å². The second kappa shape index (κ2) is 9.18. The van der Waals surface area contributed by atoms with Crippen molar-refractivity contribution in [3.63, 3.8) is 0 Å². The molecule has 0 radical (unpaired) electrons. The van der Waals surface area contributed by atoms with Crippen LogP contribution >= 0.6 is 0 Å². The van der Waals surface area contributed by atoms with Gasteiger partial charge < -0.3 is 9.32 Å². The summed E-state index contributed by atoms with van der Waals surface area (Å²) in [6.07, 6.45) is 0. The summed E-state index contributed by atoms with van der Waals surface area (Å²) < 4.78 is 5.91. The Hall–Kier alpha value is -4.85. The first-order chi connectivity index (χ1) is 17.0. The molecule has 0 N–H and O–H groups in total. The van der Waals surface area contributed by atoms with E-state index in [1.54, 1.807) is 18.2 Å². The quantitative estimate of drug-likeness (QED) is 0.243. The van der Waals surface area contributed by atoms with E-state index in [2.05, 4.69) is 15.0 Å². The SMILES string of the molecule is CN(C)c1ccc(-c2cc(-c3ccc([N+](=O)[O-])cc3)nc(/N=c3\ccc4ccccc4o3)n2)cc1. The zero-order valence-corrected chi connectivity index (χ0v) is 19.1. The van der Waals surface area contributed by atoms with Gasteiger partial charge in [-0.25, -0.2) is 9.97 Å². The molecule has 0 spiro atoms. The number of benzene rings is 3. The molecule has 2 aromatic heterocycles. The van der Waals surface area contributed by atoms with Gasteiger partial charge >= 0.3 is 0 Å². The fourth-order valence-electron chi connectivity index (χ4n) is 3.64. The largest absolute Gasteiger partial charge is 0.438 e. The van der Waals surface area contributed by atoms with Crippen molar-refractivity contribution < 1.29 is 9.34 Å². The molecule has 8 nitrogen and oxygen atoms in total. The Morgan fingerprint density at radius 3 is 2.09 bits per heavy atom. The summed E-state index contributed by atoms with van der Waals surface area (Å²) in [5.74, 6) is 0.228. The second-order valence-electron chi connectivity index (χ2n) is 8.11. The fraction of sp³-hybridized carbons (Fsp3) is 0.0741. The highest BCUT2D eigenvalue weighted by molar-refractivity contribution is 5.76. The molecular weight excluding hydrogens is 442 g/mol. The number of hydrogen-bond acceptors (Lipinski definition) is 7. The molecule has 0 bridgehead atoms. The van der Waals surface area contributed by atoms with Crippen LogP contribution in [0.2, 0.25) is 0 Å². The molecule has 0 unspecified atom stereocenters. The van der Waals surface area contributed by atoms with E-state index in [4.69, 9.17) is 4.42 Å². The molecule has 0 fully saturated rings. The normalized spacial score (nSPS) is 11.5. The molecule has 0 saturated heterocycles. The molecular formula is C27H21N5O3. The van der Waals surface area contributed by atoms with Crippen molar-refractivity contribution in [3.05, 3.63) is 107 Å². The third kappa shape index (κ3) is 4.77. The van der Waals surface area contributed by atoms with Gasteiger partial charge in [-0.15, -0.1) is 0 Å². The predicted molar refractivity (Wildman–Crippen MR) is 135 cm³/mol. The highest BCUT2D eigenvalue weighted by Gasteiger charge is 2.11. The van der Waals surface area contributed by atoms with E-state index in [0.29, 0.717) is 22.5 Å². The molecule has 0 amide bonds. The maximum absolute atomic E-state index is 11.1. The van der Waals surface area contributed by atoms with E-state index in [0.717, 1.165) is 22.2 Å². The van der Waals surface area contributed by atoms with Gasteiger partial charge in [-0.1, -0.05) is 30.3 Å². The summed E-state index contributed by atoms with van der Waals surface area (Å²) in [4.78, 5) is 26.5. The van der Waals surface area contributed by atoms with Crippen LogP contribution in [-0.2, 0) is 0 Å². The number of rotatable bonds is 5. The predicted octanol–water partition coefficient (Wildman–Crippen LogP) is 5.76. The van der Waals surface area contributed by atoms with Gasteiger partial charge in [-0.2, -0.15) is 4.99 Å². The lowest BCUT2D eigenvalue weighted by atomic mass is 10.1. The Labute approximate surface area is 201 Å². The van der Waals surface area contributed by atoms with Crippen molar-refractivity contribution >= 4 is 28.3 Å². The summed E-state index contributed by atoms with van der Waals surface area (Å²) in [5.41, 5.74) is 5.06. The number of aromatic nitrogens is 2. The van der Waals surface area contributed by atoms with Gasteiger partial charge in [0.2, 0.25) is 5.55 Å². The van der Waals surface area contributed by atoms with Crippen LogP contribution in [-0.4, -0.2) is 29.0 Å². The number of nitrogens with zero attached hydrogens (tertiary/aromatic N) is 5. The lowest BCUT2D eigenvalue weighted by Crippen LogP contribution is -2.08. The molecule has 0 saturated carbocycles. The monoisotopic (exact) mass is 463 g/mol. The Kier molecular flexibility index (Phi) is 5.76. The number of fused-ring (bicyclic) bond motifs is 1. The molecule has 8 heteroatoms. The number of hydrogen-bond donors (Lipinski definition) is 0. The van der Waals surface area contributed by atoms with Crippen LogP contribution in [0.4, 0.5) is 17.3 Å². The lowest BCUT2D eigenvalue weighted by Gasteiger charge is -2.13. The number of para-hydroxylation sites is 1. The zero-order valence-electron chi connectivity index (χ0n) is 19.1. The smallest absolute Gasteiger partial charge is 0.269 e. The third-order valence-corrected chi connectivity index (χ3v) is 5.52. The Morgan fingerprint density at radius 2 is 1.46 bits per heavy atom. The molecule has 0 aliphatic rings. The number of nitro benzene ring substituents is 1. The summed E-state index contributed by atoms with van der Waals surface area (Å²) in [6.45, 7) is 0. The lowest BCUT2D eigenvalue weighted by molar-refractivity contribution is -0.384. The van der Waals surface area contributed by atoms with Gasteiger partial charge in [-0.05, 0) is 42.5 Å². The van der Waals surface area contributed by atoms with Crippen molar-refractivity contribution in [1.29, 1.82) is 0 Å². The molecule has 172 valence electrons. The first-order valence-electron chi connectivity index (χ1n) is 10.9. The van der Waals surface area contributed by atoms with Gasteiger partial charge in [0, 0.05) is 54.5 Å². The Morgan fingerprint density at radius 1 is 0.829 bits per heavy atom. The van der Waals surface area contributed by atoms with Crippen LogP contribution < -0.4 is 10.5 Å². The topological polar surface area (TPSA) is 97.7 Å². The van der Waals surface area contributed by atoms with Gasteiger partial charge in [0.25, 0.3) is 11.6 Å². The first kappa shape index (κ1) is 22.0. The van der Waals surface area contributed by atoms with E-state index >= 15 is 0 Å². The minimum absolute atomic E-state index is 0.0159. The average molecular weight is 463 g/mol. The fourth-order valence-corrected chi connectivity index (χ4v) is 3.64. The van der Waals surface area contributed by atoms with E-state index < -0.39 is 4.92 Å². The van der Waals surface area contributed by atoms with Crippen LogP contribution in [0.15, 0.2) is 100 Å². The molecule has 5 aromatic rings. The highest BCUT2D eigenvalue weighted by atomic mass is 16.6. The second-order valence-corrected chi connectivity index (χ2v) is 8.11. The summed E-state index contributed by atoms with van der Waals surface area (Å²) >= 11 is 0. The van der Waals surface area contributed by atoms with E-state index in [9.17, 15) is 10.1 Å². The maximum atomic E-state index is 11.1. The minimum atomic E-state index is -0.427. The molecule has 0 aliphatic carbocycles. The first-order valence-corrected chi connectivity index (χ1v) is 10.9. The molecule has 35 heavy (non-hydrogen) atoms. The number of nitro groups is 1. The third-order valence-electron chi connectivity index (χ3n) is 5.52. The zero-order chi connectivity index (χ0) is 24.4. The van der Waals surface area contributed by atoms with Crippen molar-refractivity contribution in [1.82, 2.24) is 9.97 Å². The van der Waals surface area contributed by atoms with Gasteiger partial charge in [-0.3, -0.25) is 10.1 Å². The molecule has 0 atom stereocenters. The Bertz CT molecular complexity index is 1590. The van der Waals surface area contributed by atoms with E-state index in [1.165, 1.54) is 12.1 Å². The molecule has 5 rings (SSSR count). The van der Waals surface area contributed by atoms with Crippen molar-refractivity contribution in [2.75, 3.05) is 19.0 Å². The van der Waals surface area contributed by atoms with Crippen molar-refractivity contribution in [2.24, 2.45) is 4.99 Å². The number of non-ortho nitro benzene ring substituents is 1. The van der Waals surface area contributed by atoms with Crippen LogP contribution in [0.1, 0.15) is 0 Å².